The van der Waals surface area contributed by atoms with Crippen LogP contribution in [0, 0.1) is 0 Å². The molecule has 5 nitrogen and oxygen atoms in total. The van der Waals surface area contributed by atoms with Crippen LogP contribution in [0.25, 0.3) is 0 Å². The molecule has 23 heavy (non-hydrogen) atoms. The van der Waals surface area contributed by atoms with Crippen molar-refractivity contribution >= 4 is 17.7 Å². The minimum Gasteiger partial charge on any atom is -0.465 e. The first kappa shape index (κ1) is 15.6. The maximum atomic E-state index is 10.9. The smallest absolute Gasteiger partial charge is 0.404 e. The zero-order valence-electron chi connectivity index (χ0n) is 12.2. The molecule has 2 atom stereocenters. The molecule has 0 bridgehead atoms. The van der Waals surface area contributed by atoms with Crippen molar-refractivity contribution in [2.75, 3.05) is 13.2 Å². The third kappa shape index (κ3) is 3.11. The maximum Gasteiger partial charge on any atom is 0.404 e. The number of rotatable bonds is 3. The second kappa shape index (κ2) is 6.48. The van der Waals surface area contributed by atoms with Gasteiger partial charge in [-0.15, -0.1) is 0 Å². The Morgan fingerprint density at radius 3 is 2.61 bits per heavy atom. The van der Waals surface area contributed by atoms with Gasteiger partial charge in [-0.05, 0) is 24.3 Å². The molecular weight excluding hydrogens is 318 g/mol. The summed E-state index contributed by atoms with van der Waals surface area (Å²) in [7, 11) is 0. The summed E-state index contributed by atoms with van der Waals surface area (Å²) < 4.78 is 5.98. The van der Waals surface area contributed by atoms with E-state index in [0.717, 1.165) is 11.1 Å². The summed E-state index contributed by atoms with van der Waals surface area (Å²) in [5.41, 5.74) is 1.63. The Bertz CT molecular complexity index is 734. The van der Waals surface area contributed by atoms with E-state index in [1.165, 1.54) is 0 Å². The number of carbonyl (C=O) groups is 1. The predicted molar refractivity (Wildman–Crippen MR) is 86.6 cm³/mol. The van der Waals surface area contributed by atoms with Gasteiger partial charge in [0.05, 0.1) is 6.61 Å². The van der Waals surface area contributed by atoms with Crippen LogP contribution >= 0.6 is 11.6 Å². The molecule has 1 aliphatic rings. The SMILES string of the molecule is O=C(O)NC[C@@H]1c2ccccc2Oc2ccc(Cl)cc2[C@H]1CO. The van der Waals surface area contributed by atoms with Gasteiger partial charge >= 0.3 is 6.09 Å². The Kier molecular flexibility index (Phi) is 4.41. The maximum absolute atomic E-state index is 10.9. The van der Waals surface area contributed by atoms with Crippen LogP contribution in [0.4, 0.5) is 4.79 Å². The summed E-state index contributed by atoms with van der Waals surface area (Å²) in [6.07, 6.45) is -1.10. The Labute approximate surface area is 138 Å². The first-order valence-corrected chi connectivity index (χ1v) is 7.62. The molecule has 0 radical (unpaired) electrons. The number of hydrogen-bond donors (Lipinski definition) is 3. The van der Waals surface area contributed by atoms with E-state index in [1.54, 1.807) is 18.2 Å². The van der Waals surface area contributed by atoms with E-state index in [2.05, 4.69) is 5.32 Å². The van der Waals surface area contributed by atoms with Crippen molar-refractivity contribution in [2.45, 2.75) is 11.8 Å². The molecule has 1 aliphatic heterocycles. The van der Waals surface area contributed by atoms with Gasteiger partial charge in [0.2, 0.25) is 0 Å². The number of ether oxygens (including phenoxy) is 1. The third-order valence-electron chi connectivity index (χ3n) is 4.07. The zero-order valence-corrected chi connectivity index (χ0v) is 13.0. The van der Waals surface area contributed by atoms with Gasteiger partial charge in [-0.1, -0.05) is 29.8 Å². The third-order valence-corrected chi connectivity index (χ3v) is 4.30. The summed E-state index contributed by atoms with van der Waals surface area (Å²) in [4.78, 5) is 10.9. The fourth-order valence-corrected chi connectivity index (χ4v) is 3.19. The summed E-state index contributed by atoms with van der Waals surface area (Å²) in [6.45, 7) is 0.0316. The van der Waals surface area contributed by atoms with Gasteiger partial charge in [0.15, 0.2) is 0 Å². The van der Waals surface area contributed by atoms with Gasteiger partial charge in [0, 0.05) is 34.5 Å². The molecule has 0 fully saturated rings. The lowest BCUT2D eigenvalue weighted by atomic mass is 9.82. The Morgan fingerprint density at radius 1 is 1.13 bits per heavy atom. The van der Waals surface area contributed by atoms with E-state index in [4.69, 9.17) is 21.4 Å². The average molecular weight is 334 g/mol. The van der Waals surface area contributed by atoms with Crippen molar-refractivity contribution in [3.8, 4) is 11.5 Å². The molecule has 3 N–H and O–H groups in total. The van der Waals surface area contributed by atoms with Gasteiger partial charge < -0.3 is 20.3 Å². The van der Waals surface area contributed by atoms with E-state index in [-0.39, 0.29) is 25.0 Å². The quantitative estimate of drug-likeness (QED) is 0.802. The van der Waals surface area contributed by atoms with Crippen LogP contribution < -0.4 is 10.1 Å². The van der Waals surface area contributed by atoms with Gasteiger partial charge in [-0.3, -0.25) is 0 Å². The highest BCUT2D eigenvalue weighted by molar-refractivity contribution is 6.30. The van der Waals surface area contributed by atoms with Crippen molar-refractivity contribution in [1.82, 2.24) is 5.32 Å². The zero-order chi connectivity index (χ0) is 16.4. The summed E-state index contributed by atoms with van der Waals surface area (Å²) >= 11 is 6.09. The molecule has 2 aromatic rings. The van der Waals surface area contributed by atoms with Crippen LogP contribution in [0.15, 0.2) is 42.5 Å². The molecule has 0 aromatic heterocycles. The normalized spacial score (nSPS) is 19.0. The standard InChI is InChI=1S/C17H16ClNO4/c18-10-5-6-16-12(7-10)14(9-20)13(8-19-17(21)22)11-3-1-2-4-15(11)23-16/h1-7,13-14,19-20H,8-9H2,(H,21,22)/t13-,14-/m1/s1. The van der Waals surface area contributed by atoms with Crippen LogP contribution in [0.2, 0.25) is 5.02 Å². The number of fused-ring (bicyclic) bond motifs is 2. The number of benzene rings is 2. The minimum absolute atomic E-state index is 0.142. The van der Waals surface area contributed by atoms with Gasteiger partial charge in [0.1, 0.15) is 11.5 Å². The fourth-order valence-electron chi connectivity index (χ4n) is 3.01. The first-order valence-electron chi connectivity index (χ1n) is 7.24. The number of halogens is 1. The molecule has 2 aromatic carbocycles. The molecule has 0 aliphatic carbocycles. The van der Waals surface area contributed by atoms with Crippen molar-refractivity contribution in [3.63, 3.8) is 0 Å². The van der Waals surface area contributed by atoms with Crippen molar-refractivity contribution < 1.29 is 19.7 Å². The lowest BCUT2D eigenvalue weighted by Crippen LogP contribution is -2.30. The van der Waals surface area contributed by atoms with Crippen molar-refractivity contribution in [1.29, 1.82) is 0 Å². The number of carboxylic acid groups (broad SMARTS) is 1. The molecule has 6 heteroatoms. The van der Waals surface area contributed by atoms with E-state index in [1.807, 2.05) is 24.3 Å². The van der Waals surface area contributed by atoms with E-state index in [0.29, 0.717) is 16.5 Å². The number of nitrogens with one attached hydrogen (secondary N) is 1. The monoisotopic (exact) mass is 333 g/mol. The molecule has 1 heterocycles. The lowest BCUT2D eigenvalue weighted by molar-refractivity contribution is 0.191. The minimum atomic E-state index is -1.10. The summed E-state index contributed by atoms with van der Waals surface area (Å²) in [5.74, 6) is 0.703. The van der Waals surface area contributed by atoms with Crippen LogP contribution in [0.1, 0.15) is 23.0 Å². The molecule has 1 amide bonds. The molecule has 0 saturated heterocycles. The fraction of sp³-hybridized carbons (Fsp3) is 0.235. The summed E-state index contributed by atoms with van der Waals surface area (Å²) in [6, 6.07) is 12.7. The average Bonchev–Trinajstić information content (AvgIpc) is 2.66. The molecule has 0 spiro atoms. The number of para-hydroxylation sites is 1. The second-order valence-corrected chi connectivity index (χ2v) is 5.84. The molecule has 0 saturated carbocycles. The highest BCUT2D eigenvalue weighted by atomic mass is 35.5. The lowest BCUT2D eigenvalue weighted by Gasteiger charge is -2.25. The topological polar surface area (TPSA) is 78.8 Å². The number of amides is 1. The van der Waals surface area contributed by atoms with Crippen molar-refractivity contribution in [2.24, 2.45) is 0 Å². The van der Waals surface area contributed by atoms with E-state index < -0.39 is 6.09 Å². The second-order valence-electron chi connectivity index (χ2n) is 5.40. The first-order chi connectivity index (χ1) is 11.1. The van der Waals surface area contributed by atoms with Crippen LogP contribution in [-0.4, -0.2) is 29.5 Å². The highest BCUT2D eigenvalue weighted by Crippen LogP contribution is 2.46. The Hall–Kier alpha value is -2.24. The van der Waals surface area contributed by atoms with E-state index in [9.17, 15) is 9.90 Å². The number of hydrogen-bond acceptors (Lipinski definition) is 3. The van der Waals surface area contributed by atoms with Crippen LogP contribution in [0.3, 0.4) is 0 Å². The molecular formula is C17H16ClNO4. The van der Waals surface area contributed by atoms with Crippen LogP contribution in [-0.2, 0) is 0 Å². The van der Waals surface area contributed by atoms with E-state index >= 15 is 0 Å². The van der Waals surface area contributed by atoms with Gasteiger partial charge in [-0.25, -0.2) is 4.79 Å². The largest absolute Gasteiger partial charge is 0.465 e. The summed E-state index contributed by atoms with van der Waals surface area (Å²) in [5, 5.41) is 21.8. The Balaban J connectivity index is 2.12. The predicted octanol–water partition coefficient (Wildman–Crippen LogP) is 3.57. The number of aliphatic hydroxyl groups is 1. The molecule has 0 unspecified atom stereocenters. The van der Waals surface area contributed by atoms with Gasteiger partial charge in [0.25, 0.3) is 0 Å². The highest BCUT2D eigenvalue weighted by Gasteiger charge is 2.32. The Morgan fingerprint density at radius 2 is 1.87 bits per heavy atom. The number of aliphatic hydroxyl groups excluding tert-OH is 1. The van der Waals surface area contributed by atoms with Crippen LogP contribution in [0.5, 0.6) is 11.5 Å². The van der Waals surface area contributed by atoms with Gasteiger partial charge in [-0.2, -0.15) is 0 Å². The molecule has 3 rings (SSSR count). The van der Waals surface area contributed by atoms with Crippen molar-refractivity contribution in [3.05, 3.63) is 58.6 Å². The molecule has 120 valence electrons.